The van der Waals surface area contributed by atoms with Crippen LogP contribution in [-0.2, 0) is 9.59 Å². The topological polar surface area (TPSA) is 101 Å². The summed E-state index contributed by atoms with van der Waals surface area (Å²) < 4.78 is 46.2. The minimum absolute atomic E-state index is 0.0344. The monoisotopic (exact) mass is 630 g/mol. The predicted octanol–water partition coefficient (Wildman–Crippen LogP) is 5.95. The molecule has 4 aromatic rings. The first kappa shape index (κ1) is 31.3. The Bertz CT molecular complexity index is 1720. The van der Waals surface area contributed by atoms with Crippen molar-refractivity contribution in [2.24, 2.45) is 5.41 Å². The van der Waals surface area contributed by atoms with Gasteiger partial charge in [-0.1, -0.05) is 12.1 Å². The van der Waals surface area contributed by atoms with E-state index in [1.54, 1.807) is 13.2 Å². The number of rotatable bonds is 12. The molecule has 0 aromatic heterocycles. The molecular formula is C35H36F2N4O5. The molecule has 1 saturated carbocycles. The molecule has 0 radical (unpaired) electrons. The second kappa shape index (κ2) is 13.7. The van der Waals surface area contributed by atoms with E-state index in [2.05, 4.69) is 20.9 Å². The highest BCUT2D eigenvalue weighted by Crippen LogP contribution is 2.47. The zero-order chi connectivity index (χ0) is 32.1. The number of hydrogen-bond acceptors (Lipinski definition) is 7. The van der Waals surface area contributed by atoms with Gasteiger partial charge in [-0.3, -0.25) is 9.59 Å². The van der Waals surface area contributed by atoms with E-state index in [0.29, 0.717) is 47.8 Å². The summed E-state index contributed by atoms with van der Waals surface area (Å²) in [4.78, 5) is 28.3. The zero-order valence-corrected chi connectivity index (χ0v) is 25.5. The number of hydrogen-bond donors (Lipinski definition) is 3. The van der Waals surface area contributed by atoms with Gasteiger partial charge in [0.2, 0.25) is 11.8 Å². The van der Waals surface area contributed by atoms with E-state index < -0.39 is 28.9 Å². The minimum atomic E-state index is -1.27. The number of anilines is 2. The van der Waals surface area contributed by atoms with E-state index >= 15 is 4.39 Å². The summed E-state index contributed by atoms with van der Waals surface area (Å²) in [7, 11) is 1.57. The van der Waals surface area contributed by atoms with Crippen LogP contribution in [0.5, 0.6) is 23.0 Å². The molecular weight excluding hydrogens is 594 g/mol. The summed E-state index contributed by atoms with van der Waals surface area (Å²) in [5.41, 5.74) is -0.696. The Morgan fingerprint density at radius 1 is 0.848 bits per heavy atom. The van der Waals surface area contributed by atoms with Crippen LogP contribution in [0.2, 0.25) is 0 Å². The molecule has 1 aliphatic carbocycles. The number of carbonyl (C=O) groups is 2. The van der Waals surface area contributed by atoms with Crippen LogP contribution >= 0.6 is 0 Å². The predicted molar refractivity (Wildman–Crippen MR) is 172 cm³/mol. The number of piperazine rings is 1. The van der Waals surface area contributed by atoms with Crippen LogP contribution in [-0.4, -0.2) is 63.2 Å². The van der Waals surface area contributed by atoms with Crippen molar-refractivity contribution in [2.45, 2.75) is 19.3 Å². The molecule has 2 aliphatic rings. The summed E-state index contributed by atoms with van der Waals surface area (Å²) in [6.07, 6.45) is 1.59. The largest absolute Gasteiger partial charge is 0.493 e. The third kappa shape index (κ3) is 7.05. The molecule has 11 heteroatoms. The summed E-state index contributed by atoms with van der Waals surface area (Å²) in [6, 6.07) is 18.6. The Morgan fingerprint density at radius 3 is 2.26 bits per heavy atom. The van der Waals surface area contributed by atoms with Crippen molar-refractivity contribution in [3.05, 3.63) is 84.4 Å². The van der Waals surface area contributed by atoms with E-state index in [1.807, 2.05) is 24.3 Å². The minimum Gasteiger partial charge on any atom is -0.493 e. The second-order valence-electron chi connectivity index (χ2n) is 11.5. The highest BCUT2D eigenvalue weighted by atomic mass is 19.1. The lowest BCUT2D eigenvalue weighted by molar-refractivity contribution is -0.131. The molecule has 240 valence electrons. The highest BCUT2D eigenvalue weighted by molar-refractivity contribution is 6.16. The molecule has 0 spiro atoms. The van der Waals surface area contributed by atoms with Crippen molar-refractivity contribution in [3.8, 4) is 23.0 Å². The number of benzene rings is 4. The number of methoxy groups -OCH3 is 1. The summed E-state index contributed by atoms with van der Waals surface area (Å²) in [5.74, 6) is -0.598. The molecule has 0 bridgehead atoms. The third-order valence-electron chi connectivity index (χ3n) is 8.34. The molecule has 46 heavy (non-hydrogen) atoms. The fourth-order valence-electron chi connectivity index (χ4n) is 5.52. The number of nitrogens with one attached hydrogen (secondary N) is 3. The molecule has 1 aliphatic heterocycles. The van der Waals surface area contributed by atoms with E-state index in [4.69, 9.17) is 14.2 Å². The average Bonchev–Trinajstić information content (AvgIpc) is 3.88. The van der Waals surface area contributed by atoms with Crippen molar-refractivity contribution in [1.29, 1.82) is 0 Å². The Hall–Kier alpha value is -4.74. The van der Waals surface area contributed by atoms with E-state index in [0.717, 1.165) is 50.6 Å². The van der Waals surface area contributed by atoms with Crippen LogP contribution in [0, 0.1) is 17.0 Å². The van der Waals surface area contributed by atoms with Crippen LogP contribution < -0.4 is 30.2 Å². The SMILES string of the molecule is COc1cc2c(Oc3ccc(NC(=O)C4(C(=O)Nc5ccc(F)cc5)CC4)cc3F)cccc2cc1OCCCN1CCNCC1. The van der Waals surface area contributed by atoms with Crippen molar-refractivity contribution >= 4 is 34.0 Å². The second-order valence-corrected chi connectivity index (χ2v) is 11.5. The van der Waals surface area contributed by atoms with Crippen LogP contribution in [0.15, 0.2) is 72.8 Å². The van der Waals surface area contributed by atoms with Crippen molar-refractivity contribution in [2.75, 3.05) is 57.1 Å². The Balaban J connectivity index is 1.10. The number of fused-ring (bicyclic) bond motifs is 1. The molecule has 2 amide bonds. The lowest BCUT2D eigenvalue weighted by Gasteiger charge is -2.27. The molecule has 0 atom stereocenters. The maximum Gasteiger partial charge on any atom is 0.240 e. The van der Waals surface area contributed by atoms with Gasteiger partial charge in [-0.2, -0.15) is 0 Å². The molecule has 6 rings (SSSR count). The number of amides is 2. The number of nitrogens with zero attached hydrogens (tertiary/aromatic N) is 1. The van der Waals surface area contributed by atoms with Gasteiger partial charge in [0.05, 0.1) is 13.7 Å². The number of ether oxygens (including phenoxy) is 3. The third-order valence-corrected chi connectivity index (χ3v) is 8.34. The molecule has 9 nitrogen and oxygen atoms in total. The molecule has 0 unspecified atom stereocenters. The Labute approximate surface area is 265 Å². The van der Waals surface area contributed by atoms with Crippen LogP contribution in [0.3, 0.4) is 0 Å². The summed E-state index contributed by atoms with van der Waals surface area (Å²) in [5, 5.41) is 10.2. The zero-order valence-electron chi connectivity index (χ0n) is 25.5. The first-order valence-electron chi connectivity index (χ1n) is 15.4. The molecule has 1 heterocycles. The summed E-state index contributed by atoms with van der Waals surface area (Å²) >= 11 is 0. The van der Waals surface area contributed by atoms with Gasteiger partial charge in [0.25, 0.3) is 0 Å². The van der Waals surface area contributed by atoms with E-state index in [-0.39, 0.29) is 11.4 Å². The highest BCUT2D eigenvalue weighted by Gasteiger charge is 2.56. The number of halogens is 2. The Kier molecular flexibility index (Phi) is 9.32. The van der Waals surface area contributed by atoms with Crippen molar-refractivity contribution in [1.82, 2.24) is 10.2 Å². The lowest BCUT2D eigenvalue weighted by Crippen LogP contribution is -2.43. The molecule has 4 aromatic carbocycles. The van der Waals surface area contributed by atoms with Gasteiger partial charge in [-0.05, 0) is 79.2 Å². The van der Waals surface area contributed by atoms with Gasteiger partial charge in [0.1, 0.15) is 17.0 Å². The van der Waals surface area contributed by atoms with Gasteiger partial charge in [-0.25, -0.2) is 8.78 Å². The standard InChI is InChI=1S/C35H36F2N4O5/c1-44-31-22-27-23(20-32(31)45-19-3-16-41-17-14-38-15-18-41)4-2-5-29(27)46-30-11-10-26(21-28(30)37)40-34(43)35(12-13-35)33(42)39-25-8-6-24(36)7-9-25/h2,4-11,20-22,38H,3,12-19H2,1H3,(H,39,42)(H,40,43). The fourth-order valence-corrected chi connectivity index (χ4v) is 5.52. The van der Waals surface area contributed by atoms with Crippen molar-refractivity contribution < 1.29 is 32.6 Å². The maximum absolute atomic E-state index is 15.3. The van der Waals surface area contributed by atoms with Gasteiger partial charge in [-0.15, -0.1) is 0 Å². The smallest absolute Gasteiger partial charge is 0.240 e. The normalized spacial score (nSPS) is 15.6. The van der Waals surface area contributed by atoms with E-state index in [1.165, 1.54) is 36.4 Å². The molecule has 2 fully saturated rings. The summed E-state index contributed by atoms with van der Waals surface area (Å²) in [6.45, 7) is 5.62. The van der Waals surface area contributed by atoms with Crippen molar-refractivity contribution in [3.63, 3.8) is 0 Å². The fraction of sp³-hybridized carbons (Fsp3) is 0.314. The van der Waals surface area contributed by atoms with Crippen LogP contribution in [0.4, 0.5) is 20.2 Å². The van der Waals surface area contributed by atoms with Crippen LogP contribution in [0.1, 0.15) is 19.3 Å². The first-order valence-corrected chi connectivity index (χ1v) is 15.4. The molecule has 3 N–H and O–H groups in total. The average molecular weight is 631 g/mol. The van der Waals surface area contributed by atoms with Gasteiger partial charge in [0, 0.05) is 55.6 Å². The first-order chi connectivity index (χ1) is 22.3. The van der Waals surface area contributed by atoms with Gasteiger partial charge >= 0.3 is 0 Å². The molecule has 1 saturated heterocycles. The maximum atomic E-state index is 15.3. The van der Waals surface area contributed by atoms with Gasteiger partial charge < -0.3 is 35.1 Å². The quantitative estimate of drug-likeness (QED) is 0.131. The van der Waals surface area contributed by atoms with Crippen LogP contribution in [0.25, 0.3) is 10.8 Å². The Morgan fingerprint density at radius 2 is 1.57 bits per heavy atom. The van der Waals surface area contributed by atoms with E-state index in [9.17, 15) is 14.0 Å². The number of carbonyl (C=O) groups excluding carboxylic acids is 2. The van der Waals surface area contributed by atoms with Gasteiger partial charge in [0.15, 0.2) is 23.1 Å². The lowest BCUT2D eigenvalue weighted by atomic mass is 10.0.